The molecule has 14 heteroatoms. The van der Waals surface area contributed by atoms with Crippen LogP contribution in [0.4, 0.5) is 0 Å². The van der Waals surface area contributed by atoms with Crippen LogP contribution in [0.15, 0.2) is 42.5 Å². The van der Waals surface area contributed by atoms with Gasteiger partial charge in [-0.3, -0.25) is 14.3 Å². The third-order valence-corrected chi connectivity index (χ3v) is 9.44. The lowest BCUT2D eigenvalue weighted by Gasteiger charge is -2.39. The van der Waals surface area contributed by atoms with E-state index in [9.17, 15) is 35.1 Å². The quantitative estimate of drug-likeness (QED) is 0.106. The SMILES string of the molecule is CC(C)(NC(=O)CCCCc1ccc(CCc2cccc3c2c(O[C@@H]2O[C@H](CO)[C@@H](O)[C@H](O)[C@H]2O)nn3CCO)cc1)C(=O)N1CCNCC1. The van der Waals surface area contributed by atoms with E-state index in [2.05, 4.69) is 40.0 Å². The van der Waals surface area contributed by atoms with E-state index in [0.29, 0.717) is 44.2 Å². The van der Waals surface area contributed by atoms with E-state index in [0.717, 1.165) is 42.6 Å². The fourth-order valence-corrected chi connectivity index (χ4v) is 6.59. The van der Waals surface area contributed by atoms with Gasteiger partial charge in [0.1, 0.15) is 30.0 Å². The van der Waals surface area contributed by atoms with Gasteiger partial charge < -0.3 is 50.5 Å². The van der Waals surface area contributed by atoms with E-state index in [4.69, 9.17) is 9.47 Å². The van der Waals surface area contributed by atoms with Crippen molar-refractivity contribution in [3.8, 4) is 5.88 Å². The monoisotopic (exact) mass is 697 g/mol. The number of rotatable bonds is 15. The second-order valence-corrected chi connectivity index (χ2v) is 13.6. The Morgan fingerprint density at radius 2 is 1.66 bits per heavy atom. The van der Waals surface area contributed by atoms with Gasteiger partial charge in [-0.1, -0.05) is 36.4 Å². The average molecular weight is 698 g/mol. The molecular formula is C36H51N5O9. The first kappa shape index (κ1) is 37.6. The van der Waals surface area contributed by atoms with Crippen LogP contribution in [-0.4, -0.2) is 128 Å². The molecule has 7 N–H and O–H groups in total. The molecule has 0 saturated carbocycles. The minimum Gasteiger partial charge on any atom is -0.443 e. The highest BCUT2D eigenvalue weighted by atomic mass is 16.7. The lowest BCUT2D eigenvalue weighted by Crippen LogP contribution is -2.60. The summed E-state index contributed by atoms with van der Waals surface area (Å²) in [5.74, 6) is -0.0256. The maximum atomic E-state index is 12.9. The number of fused-ring (bicyclic) bond motifs is 1. The number of benzene rings is 2. The van der Waals surface area contributed by atoms with Crippen molar-refractivity contribution >= 4 is 22.7 Å². The van der Waals surface area contributed by atoms with Crippen LogP contribution in [0.25, 0.3) is 10.9 Å². The molecule has 1 aromatic heterocycles. The zero-order valence-corrected chi connectivity index (χ0v) is 28.8. The first-order chi connectivity index (χ1) is 24.0. The van der Waals surface area contributed by atoms with Crippen LogP contribution in [-0.2, 0) is 40.1 Å². The highest BCUT2D eigenvalue weighted by Crippen LogP contribution is 2.33. The Morgan fingerprint density at radius 3 is 2.34 bits per heavy atom. The van der Waals surface area contributed by atoms with Crippen molar-refractivity contribution in [3.63, 3.8) is 0 Å². The second-order valence-electron chi connectivity index (χ2n) is 13.6. The molecule has 50 heavy (non-hydrogen) atoms. The van der Waals surface area contributed by atoms with Gasteiger partial charge in [-0.25, -0.2) is 0 Å². The number of nitrogens with zero attached hydrogens (tertiary/aromatic N) is 3. The number of nitrogens with one attached hydrogen (secondary N) is 2. The third-order valence-electron chi connectivity index (χ3n) is 9.44. The van der Waals surface area contributed by atoms with Crippen molar-refractivity contribution in [3.05, 3.63) is 59.2 Å². The molecule has 2 aromatic carbocycles. The summed E-state index contributed by atoms with van der Waals surface area (Å²) in [5.41, 5.74) is 3.00. The Hall–Kier alpha value is -3.63. The highest BCUT2D eigenvalue weighted by molar-refractivity contribution is 5.91. The second kappa shape index (κ2) is 17.1. The number of aromatic nitrogens is 2. The van der Waals surface area contributed by atoms with Crippen molar-refractivity contribution in [2.75, 3.05) is 39.4 Å². The van der Waals surface area contributed by atoms with Crippen LogP contribution in [0.3, 0.4) is 0 Å². The highest BCUT2D eigenvalue weighted by Gasteiger charge is 2.45. The molecule has 0 bridgehead atoms. The molecule has 2 aliphatic rings. The third kappa shape index (κ3) is 8.99. The fourth-order valence-electron chi connectivity index (χ4n) is 6.59. The van der Waals surface area contributed by atoms with Crippen LogP contribution in [0, 0.1) is 0 Å². The van der Waals surface area contributed by atoms with Gasteiger partial charge in [0, 0.05) is 32.6 Å². The average Bonchev–Trinajstić information content (AvgIpc) is 3.47. The predicted octanol–water partition coefficient (Wildman–Crippen LogP) is 0.0319. The summed E-state index contributed by atoms with van der Waals surface area (Å²) in [5, 5.41) is 61.5. The van der Waals surface area contributed by atoms with E-state index < -0.39 is 42.9 Å². The standard InChI is InChI=1S/C36H51N5O9/c1-36(2,35(48)40-18-16-37-17-19-40)38-28(44)9-4-3-6-23-10-12-24(13-11-23)14-15-25-7-5-8-26-29(25)33(39-41(26)20-21-42)50-34-32(47)31(46)30(45)27(22-43)49-34/h5,7-8,10-13,27,30-32,34,37,42-43,45-47H,3-4,6,9,14-22H2,1-2H3,(H,38,44)/t27-,30-,31+,32-,34+/m1/s1. The summed E-state index contributed by atoms with van der Waals surface area (Å²) < 4.78 is 13.1. The number of ether oxygens (including phenoxy) is 2. The minimum atomic E-state index is -1.59. The summed E-state index contributed by atoms with van der Waals surface area (Å²) in [6.45, 7) is 5.82. The van der Waals surface area contributed by atoms with Crippen molar-refractivity contribution in [1.29, 1.82) is 0 Å². The van der Waals surface area contributed by atoms with Crippen molar-refractivity contribution in [2.45, 2.75) is 95.2 Å². The molecule has 14 nitrogen and oxygen atoms in total. The lowest BCUT2D eigenvalue weighted by molar-refractivity contribution is -0.278. The molecule has 2 saturated heterocycles. The molecule has 0 unspecified atom stereocenters. The van der Waals surface area contributed by atoms with Crippen molar-refractivity contribution in [1.82, 2.24) is 25.3 Å². The predicted molar refractivity (Wildman–Crippen MR) is 184 cm³/mol. The minimum absolute atomic E-state index is 0.0530. The Balaban J connectivity index is 1.15. The molecular weight excluding hydrogens is 646 g/mol. The molecule has 2 amide bonds. The number of unbranched alkanes of at least 4 members (excludes halogenated alkanes) is 1. The number of carbonyl (C=O) groups is 2. The molecule has 2 aliphatic heterocycles. The molecule has 3 heterocycles. The van der Waals surface area contributed by atoms with Gasteiger partial charge in [0.15, 0.2) is 0 Å². The number of piperazine rings is 1. The zero-order valence-electron chi connectivity index (χ0n) is 28.8. The summed E-state index contributed by atoms with van der Waals surface area (Å²) >= 11 is 0. The number of aryl methyl sites for hydroxylation is 3. The summed E-state index contributed by atoms with van der Waals surface area (Å²) in [4.78, 5) is 27.3. The van der Waals surface area contributed by atoms with Crippen LogP contribution in [0.1, 0.15) is 49.8 Å². The molecule has 2 fully saturated rings. The Morgan fingerprint density at radius 1 is 0.960 bits per heavy atom. The molecule has 5 atom stereocenters. The van der Waals surface area contributed by atoms with Crippen LogP contribution in [0.5, 0.6) is 5.88 Å². The first-order valence-corrected chi connectivity index (χ1v) is 17.5. The smallest absolute Gasteiger partial charge is 0.247 e. The van der Waals surface area contributed by atoms with Gasteiger partial charge >= 0.3 is 0 Å². The Bertz CT molecular complexity index is 1570. The molecule has 0 radical (unpaired) electrons. The van der Waals surface area contributed by atoms with Crippen molar-refractivity contribution in [2.24, 2.45) is 0 Å². The molecule has 274 valence electrons. The summed E-state index contributed by atoms with van der Waals surface area (Å²) in [7, 11) is 0. The Labute approximate surface area is 292 Å². The molecule has 3 aromatic rings. The van der Waals surface area contributed by atoms with Crippen LogP contribution in [0.2, 0.25) is 0 Å². The number of amides is 2. The molecule has 0 spiro atoms. The largest absolute Gasteiger partial charge is 0.443 e. The van der Waals surface area contributed by atoms with E-state index in [1.165, 1.54) is 5.56 Å². The Kier molecular flexibility index (Phi) is 12.8. The fraction of sp³-hybridized carbons (Fsp3) is 0.583. The number of carbonyl (C=O) groups excluding carboxylic acids is 2. The summed E-state index contributed by atoms with van der Waals surface area (Å²) in [6, 6.07) is 14.1. The number of hydrogen-bond acceptors (Lipinski definition) is 11. The maximum absolute atomic E-state index is 12.9. The molecule has 0 aliphatic carbocycles. The van der Waals surface area contributed by atoms with Gasteiger partial charge in [0.05, 0.1) is 30.7 Å². The lowest BCUT2D eigenvalue weighted by atomic mass is 9.99. The van der Waals surface area contributed by atoms with E-state index >= 15 is 0 Å². The van der Waals surface area contributed by atoms with Gasteiger partial charge in [-0.05, 0) is 68.7 Å². The van der Waals surface area contributed by atoms with Gasteiger partial charge in [-0.15, -0.1) is 5.10 Å². The van der Waals surface area contributed by atoms with E-state index in [1.54, 1.807) is 23.4 Å². The van der Waals surface area contributed by atoms with Crippen molar-refractivity contribution < 1.29 is 44.6 Å². The number of aliphatic hydroxyl groups is 5. The van der Waals surface area contributed by atoms with Gasteiger partial charge in [-0.2, -0.15) is 0 Å². The zero-order chi connectivity index (χ0) is 35.8. The van der Waals surface area contributed by atoms with Crippen LogP contribution >= 0.6 is 0 Å². The summed E-state index contributed by atoms with van der Waals surface area (Å²) in [6.07, 6.45) is -3.09. The van der Waals surface area contributed by atoms with Crippen LogP contribution < -0.4 is 15.4 Å². The maximum Gasteiger partial charge on any atom is 0.247 e. The van der Waals surface area contributed by atoms with Gasteiger partial charge in [0.25, 0.3) is 0 Å². The first-order valence-electron chi connectivity index (χ1n) is 17.5. The van der Waals surface area contributed by atoms with E-state index in [1.807, 2.05) is 18.2 Å². The normalized spacial score (nSPS) is 22.9. The number of hydrogen-bond donors (Lipinski definition) is 7. The molecule has 5 rings (SSSR count). The van der Waals surface area contributed by atoms with Gasteiger partial charge in [0.2, 0.25) is 24.0 Å². The number of aliphatic hydroxyl groups excluding tert-OH is 5. The van der Waals surface area contributed by atoms with E-state index in [-0.39, 0.29) is 30.8 Å². The topological polar surface area (TPSA) is 199 Å².